The molecule has 0 fully saturated rings. The lowest BCUT2D eigenvalue weighted by Gasteiger charge is -2.01. The van der Waals surface area contributed by atoms with E-state index < -0.39 is 0 Å². The van der Waals surface area contributed by atoms with E-state index in [4.69, 9.17) is 4.52 Å². The van der Waals surface area contributed by atoms with Crippen LogP contribution in [0.3, 0.4) is 0 Å². The van der Waals surface area contributed by atoms with E-state index >= 15 is 0 Å². The molecule has 6 heavy (non-hydrogen) atoms. The molecular weight excluding hydrogens is 95.0 g/mol. The van der Waals surface area contributed by atoms with Crippen LogP contribution >= 0.6 is 9.47 Å². The van der Waals surface area contributed by atoms with Crippen molar-refractivity contribution in [3.05, 3.63) is 0 Å². The fourth-order valence-electron chi connectivity index (χ4n) is 0.0962. The lowest BCUT2D eigenvalue weighted by Crippen LogP contribution is -1.95. The molecule has 2 heteroatoms. The van der Waals surface area contributed by atoms with Gasteiger partial charge in [-0.25, -0.2) is 0 Å². The molecule has 1 unspecified atom stereocenters. The van der Waals surface area contributed by atoms with Crippen LogP contribution in [0.2, 0.25) is 0 Å². The zero-order valence-electron chi connectivity index (χ0n) is 4.27. The molecule has 38 valence electrons. The third kappa shape index (κ3) is 2.62. The summed E-state index contributed by atoms with van der Waals surface area (Å²) >= 11 is 0. The molecule has 0 radical (unpaired) electrons. The highest BCUT2D eigenvalue weighted by atomic mass is 31.0. The summed E-state index contributed by atoms with van der Waals surface area (Å²) in [7, 11) is 2.24. The average Bonchev–Trinajstić information content (AvgIpc) is 1.65. The van der Waals surface area contributed by atoms with Crippen molar-refractivity contribution >= 4 is 9.47 Å². The SMILES string of the molecule is CC[C@@H](C)OP. The molecule has 0 amide bonds. The van der Waals surface area contributed by atoms with Crippen LogP contribution in [-0.4, -0.2) is 6.10 Å². The highest BCUT2D eigenvalue weighted by Crippen LogP contribution is 1.98. The molecular formula is C4H11OP. The Morgan fingerprint density at radius 3 is 2.33 bits per heavy atom. The molecule has 0 heterocycles. The van der Waals surface area contributed by atoms with Crippen molar-refractivity contribution < 1.29 is 4.52 Å². The second kappa shape index (κ2) is 3.58. The normalized spacial score (nSPS) is 14.5. The maximum Gasteiger partial charge on any atom is 0.0580 e. The van der Waals surface area contributed by atoms with Gasteiger partial charge in [0.25, 0.3) is 0 Å². The van der Waals surface area contributed by atoms with Crippen LogP contribution in [0.1, 0.15) is 20.3 Å². The van der Waals surface area contributed by atoms with Crippen molar-refractivity contribution in [3.8, 4) is 0 Å². The molecule has 1 nitrogen and oxygen atoms in total. The van der Waals surface area contributed by atoms with E-state index in [9.17, 15) is 0 Å². The highest BCUT2D eigenvalue weighted by Gasteiger charge is 1.88. The molecule has 0 aromatic rings. The Balaban J connectivity index is 2.75. The summed E-state index contributed by atoms with van der Waals surface area (Å²) in [6.45, 7) is 4.13. The summed E-state index contributed by atoms with van der Waals surface area (Å²) in [5.41, 5.74) is 0. The van der Waals surface area contributed by atoms with E-state index in [0.717, 1.165) is 6.42 Å². The van der Waals surface area contributed by atoms with Crippen molar-refractivity contribution in [3.63, 3.8) is 0 Å². The lowest BCUT2D eigenvalue weighted by molar-refractivity contribution is 0.257. The summed E-state index contributed by atoms with van der Waals surface area (Å²) in [5.74, 6) is 0. The fourth-order valence-corrected chi connectivity index (χ4v) is 0.289. The molecule has 2 atom stereocenters. The first-order valence-corrected chi connectivity index (χ1v) is 2.64. The largest absolute Gasteiger partial charge is 0.363 e. The second-order valence-corrected chi connectivity index (χ2v) is 1.63. The molecule has 0 aliphatic carbocycles. The Morgan fingerprint density at radius 1 is 1.83 bits per heavy atom. The van der Waals surface area contributed by atoms with Gasteiger partial charge in [0.2, 0.25) is 0 Å². The average molecular weight is 106 g/mol. The van der Waals surface area contributed by atoms with E-state index in [0.29, 0.717) is 6.10 Å². The van der Waals surface area contributed by atoms with Gasteiger partial charge in [-0.1, -0.05) is 6.92 Å². The van der Waals surface area contributed by atoms with Crippen LogP contribution in [0, 0.1) is 0 Å². The van der Waals surface area contributed by atoms with E-state index in [2.05, 4.69) is 16.4 Å². The van der Waals surface area contributed by atoms with Gasteiger partial charge in [0.1, 0.15) is 0 Å². The van der Waals surface area contributed by atoms with Gasteiger partial charge >= 0.3 is 0 Å². The molecule has 0 rings (SSSR count). The monoisotopic (exact) mass is 106 g/mol. The van der Waals surface area contributed by atoms with Crippen LogP contribution in [0.5, 0.6) is 0 Å². The summed E-state index contributed by atoms with van der Waals surface area (Å²) in [4.78, 5) is 0. The molecule has 0 aliphatic rings. The molecule has 0 saturated carbocycles. The highest BCUT2D eigenvalue weighted by molar-refractivity contribution is 7.09. The van der Waals surface area contributed by atoms with Gasteiger partial charge in [0, 0.05) is 9.47 Å². The zero-order chi connectivity index (χ0) is 4.99. The molecule has 0 saturated heterocycles. The van der Waals surface area contributed by atoms with E-state index in [1.807, 2.05) is 6.92 Å². The van der Waals surface area contributed by atoms with Gasteiger partial charge in [-0.2, -0.15) is 0 Å². The molecule has 0 spiro atoms. The van der Waals surface area contributed by atoms with Gasteiger partial charge in [-0.15, -0.1) is 0 Å². The molecule has 0 N–H and O–H groups in total. The molecule has 0 aliphatic heterocycles. The maximum atomic E-state index is 4.82. The Kier molecular flexibility index (Phi) is 3.81. The number of hydrogen-bond donors (Lipinski definition) is 0. The first-order chi connectivity index (χ1) is 2.81. The molecule has 0 aromatic heterocycles. The van der Waals surface area contributed by atoms with Crippen molar-refractivity contribution in [2.24, 2.45) is 0 Å². The van der Waals surface area contributed by atoms with Crippen molar-refractivity contribution in [1.82, 2.24) is 0 Å². The summed E-state index contributed by atoms with van der Waals surface area (Å²) < 4.78 is 4.82. The van der Waals surface area contributed by atoms with Crippen LogP contribution in [0.4, 0.5) is 0 Å². The quantitative estimate of drug-likeness (QED) is 0.486. The second-order valence-electron chi connectivity index (χ2n) is 1.35. The summed E-state index contributed by atoms with van der Waals surface area (Å²) in [6, 6.07) is 0. The smallest absolute Gasteiger partial charge is 0.0580 e. The third-order valence-electron chi connectivity index (χ3n) is 0.807. The third-order valence-corrected chi connectivity index (χ3v) is 1.27. The maximum absolute atomic E-state index is 4.82. The Morgan fingerprint density at radius 2 is 2.33 bits per heavy atom. The standard InChI is InChI=1S/C4H11OP/c1-3-4(2)5-6/h4H,3,6H2,1-2H3/t4-/m1/s1. The first kappa shape index (κ1) is 6.39. The van der Waals surface area contributed by atoms with E-state index in [-0.39, 0.29) is 0 Å². The minimum absolute atomic E-state index is 0.398. The Labute approximate surface area is 41.4 Å². The number of hydrogen-bond acceptors (Lipinski definition) is 1. The van der Waals surface area contributed by atoms with Gasteiger partial charge < -0.3 is 4.52 Å². The van der Waals surface area contributed by atoms with Crippen LogP contribution in [0.25, 0.3) is 0 Å². The predicted molar refractivity (Wildman–Crippen MR) is 30.5 cm³/mol. The minimum Gasteiger partial charge on any atom is -0.363 e. The summed E-state index contributed by atoms with van der Waals surface area (Å²) in [5, 5.41) is 0. The first-order valence-electron chi connectivity index (χ1n) is 2.16. The van der Waals surface area contributed by atoms with Crippen molar-refractivity contribution in [2.75, 3.05) is 0 Å². The lowest BCUT2D eigenvalue weighted by atomic mass is 10.3. The van der Waals surface area contributed by atoms with Gasteiger partial charge in [0.05, 0.1) is 6.10 Å². The Hall–Kier alpha value is 0.390. The van der Waals surface area contributed by atoms with Crippen LogP contribution in [-0.2, 0) is 4.52 Å². The Bertz CT molecular complexity index is 26.7. The summed E-state index contributed by atoms with van der Waals surface area (Å²) in [6.07, 6.45) is 1.48. The van der Waals surface area contributed by atoms with Crippen molar-refractivity contribution in [2.45, 2.75) is 26.4 Å². The van der Waals surface area contributed by atoms with Gasteiger partial charge in [-0.05, 0) is 13.3 Å². The topological polar surface area (TPSA) is 9.23 Å². The van der Waals surface area contributed by atoms with Crippen molar-refractivity contribution in [1.29, 1.82) is 0 Å². The van der Waals surface area contributed by atoms with Gasteiger partial charge in [0.15, 0.2) is 0 Å². The van der Waals surface area contributed by atoms with E-state index in [1.54, 1.807) is 0 Å². The van der Waals surface area contributed by atoms with E-state index in [1.165, 1.54) is 0 Å². The zero-order valence-corrected chi connectivity index (χ0v) is 5.42. The van der Waals surface area contributed by atoms with Gasteiger partial charge in [-0.3, -0.25) is 0 Å². The number of rotatable bonds is 2. The fraction of sp³-hybridized carbons (Fsp3) is 1.00. The minimum atomic E-state index is 0.398. The predicted octanol–water partition coefficient (Wildman–Crippen LogP) is 1.59. The molecule has 0 bridgehead atoms. The van der Waals surface area contributed by atoms with Crippen LogP contribution in [0.15, 0.2) is 0 Å². The molecule has 0 aromatic carbocycles. The van der Waals surface area contributed by atoms with Crippen LogP contribution < -0.4 is 0 Å².